The summed E-state index contributed by atoms with van der Waals surface area (Å²) in [6, 6.07) is 9.53. The molecule has 68 valence electrons. The zero-order valence-corrected chi connectivity index (χ0v) is 8.95. The lowest BCUT2D eigenvalue weighted by atomic mass is 10.1. The van der Waals surface area contributed by atoms with Crippen molar-refractivity contribution < 1.29 is 0 Å². The Balaban J connectivity index is 3.05. The van der Waals surface area contributed by atoms with Gasteiger partial charge in [-0.05, 0) is 17.2 Å². The summed E-state index contributed by atoms with van der Waals surface area (Å²) in [4.78, 5) is 3.10. The summed E-state index contributed by atoms with van der Waals surface area (Å²) in [5.74, 6) is 0. The lowest BCUT2D eigenvalue weighted by molar-refractivity contribution is 1.42. The summed E-state index contributed by atoms with van der Waals surface area (Å²) in [6.07, 6.45) is 1.58. The molecule has 0 atom stereocenters. The Bertz CT molecular complexity index is 419. The van der Waals surface area contributed by atoms with Gasteiger partial charge in [-0.1, -0.05) is 40.2 Å². The van der Waals surface area contributed by atoms with Crippen LogP contribution in [0.1, 0.15) is 11.1 Å². The Labute approximate surface area is 91.4 Å². The van der Waals surface area contributed by atoms with Crippen LogP contribution in [-0.2, 0) is 5.33 Å². The summed E-state index contributed by atoms with van der Waals surface area (Å²) < 4.78 is 0. The van der Waals surface area contributed by atoms with E-state index in [-0.39, 0.29) is 5.70 Å². The van der Waals surface area contributed by atoms with Crippen molar-refractivity contribution in [3.05, 3.63) is 52.5 Å². The maximum absolute atomic E-state index is 8.57. The maximum atomic E-state index is 8.57. The number of hydrogen-bond acceptors (Lipinski definition) is 1. The van der Waals surface area contributed by atoms with Crippen LogP contribution in [0.5, 0.6) is 0 Å². The van der Waals surface area contributed by atoms with E-state index in [2.05, 4.69) is 20.8 Å². The highest BCUT2D eigenvalue weighted by Crippen LogP contribution is 2.12. The molecule has 0 unspecified atom stereocenters. The van der Waals surface area contributed by atoms with E-state index in [1.54, 1.807) is 6.08 Å². The maximum Gasteiger partial charge on any atom is 0.262 e. The Kier molecular flexibility index (Phi) is 3.91. The van der Waals surface area contributed by atoms with Gasteiger partial charge in [-0.2, -0.15) is 0 Å². The van der Waals surface area contributed by atoms with Crippen LogP contribution in [0, 0.1) is 17.9 Å². The van der Waals surface area contributed by atoms with E-state index in [9.17, 15) is 0 Å². The van der Waals surface area contributed by atoms with Gasteiger partial charge in [0.1, 0.15) is 0 Å². The van der Waals surface area contributed by atoms with Crippen LogP contribution in [0.4, 0.5) is 0 Å². The SMILES string of the molecule is [C-]#[N+]/C(C#N)=C/c1cccc(CBr)c1. The molecule has 0 radical (unpaired) electrons. The van der Waals surface area contributed by atoms with Crippen molar-refractivity contribution in [2.24, 2.45) is 0 Å². The Hall–Kier alpha value is -1.58. The van der Waals surface area contributed by atoms with Crippen molar-refractivity contribution in [2.75, 3.05) is 0 Å². The quantitative estimate of drug-likeness (QED) is 0.447. The van der Waals surface area contributed by atoms with Gasteiger partial charge in [-0.25, -0.2) is 10.1 Å². The summed E-state index contributed by atoms with van der Waals surface area (Å²) in [7, 11) is 0. The smallest absolute Gasteiger partial charge is 0.227 e. The molecule has 1 rings (SSSR count). The monoisotopic (exact) mass is 246 g/mol. The number of benzene rings is 1. The lowest BCUT2D eigenvalue weighted by Crippen LogP contribution is -1.79. The van der Waals surface area contributed by atoms with Crippen LogP contribution >= 0.6 is 15.9 Å². The molecule has 1 aromatic carbocycles. The topological polar surface area (TPSA) is 28.1 Å². The molecule has 2 nitrogen and oxygen atoms in total. The molecule has 0 amide bonds. The summed E-state index contributed by atoms with van der Waals surface area (Å²) in [6.45, 7) is 6.73. The van der Waals surface area contributed by atoms with Crippen molar-refractivity contribution in [2.45, 2.75) is 5.33 Å². The molecule has 0 N–H and O–H groups in total. The van der Waals surface area contributed by atoms with Crippen LogP contribution in [-0.4, -0.2) is 0 Å². The Morgan fingerprint density at radius 3 is 3.00 bits per heavy atom. The number of nitriles is 1. The van der Waals surface area contributed by atoms with Crippen molar-refractivity contribution in [3.8, 4) is 6.07 Å². The van der Waals surface area contributed by atoms with Crippen LogP contribution in [0.15, 0.2) is 30.0 Å². The zero-order chi connectivity index (χ0) is 10.4. The molecule has 0 aliphatic heterocycles. The first-order chi connectivity index (χ1) is 6.80. The van der Waals surface area contributed by atoms with E-state index in [0.29, 0.717) is 0 Å². The highest BCUT2D eigenvalue weighted by Gasteiger charge is 1.95. The van der Waals surface area contributed by atoms with Gasteiger partial charge in [0.15, 0.2) is 0 Å². The van der Waals surface area contributed by atoms with Crippen LogP contribution < -0.4 is 0 Å². The molecule has 0 saturated carbocycles. The van der Waals surface area contributed by atoms with Gasteiger partial charge in [0, 0.05) is 5.33 Å². The molecule has 0 aliphatic rings. The van der Waals surface area contributed by atoms with Crippen molar-refractivity contribution in [1.82, 2.24) is 0 Å². The average molecular weight is 247 g/mol. The molecule has 0 spiro atoms. The number of hydrogen-bond donors (Lipinski definition) is 0. The second kappa shape index (κ2) is 5.21. The van der Waals surface area contributed by atoms with E-state index in [1.165, 1.54) is 0 Å². The molecule has 1 aromatic rings. The molecule has 3 heteroatoms. The fraction of sp³-hybridized carbons (Fsp3) is 0.0909. The van der Waals surface area contributed by atoms with Gasteiger partial charge < -0.3 is 0 Å². The molecule has 0 bridgehead atoms. The predicted octanol–water partition coefficient (Wildman–Crippen LogP) is 3.37. The predicted molar refractivity (Wildman–Crippen MR) is 59.3 cm³/mol. The van der Waals surface area contributed by atoms with E-state index in [4.69, 9.17) is 11.8 Å². The van der Waals surface area contributed by atoms with Crippen molar-refractivity contribution in [3.63, 3.8) is 0 Å². The minimum Gasteiger partial charge on any atom is -0.227 e. The van der Waals surface area contributed by atoms with Gasteiger partial charge in [-0.3, -0.25) is 0 Å². The normalized spacial score (nSPS) is 10.4. The lowest BCUT2D eigenvalue weighted by Gasteiger charge is -1.97. The number of rotatable bonds is 2. The van der Waals surface area contributed by atoms with E-state index < -0.39 is 0 Å². The standard InChI is InChI=1S/C11H7BrN2/c1-14-11(8-13)6-9-3-2-4-10(5-9)7-12/h2-6H,7H2/b11-6+. The van der Waals surface area contributed by atoms with Crippen LogP contribution in [0.25, 0.3) is 10.9 Å². The first-order valence-electron chi connectivity index (χ1n) is 3.94. The molecule has 0 saturated heterocycles. The summed E-state index contributed by atoms with van der Waals surface area (Å²) in [5.41, 5.74) is 2.12. The molecule has 0 aromatic heterocycles. The Morgan fingerprint density at radius 1 is 1.64 bits per heavy atom. The molecular weight excluding hydrogens is 240 g/mol. The van der Waals surface area contributed by atoms with Gasteiger partial charge in [0.05, 0.1) is 12.6 Å². The number of halogens is 1. The first kappa shape index (κ1) is 10.5. The van der Waals surface area contributed by atoms with Crippen LogP contribution in [0.3, 0.4) is 0 Å². The fourth-order valence-electron chi connectivity index (χ4n) is 1.01. The highest BCUT2D eigenvalue weighted by molar-refractivity contribution is 9.08. The number of nitrogens with zero attached hydrogens (tertiary/aromatic N) is 2. The second-order valence-electron chi connectivity index (χ2n) is 2.63. The summed E-state index contributed by atoms with van der Waals surface area (Å²) in [5, 5.41) is 9.34. The molecular formula is C11H7BrN2. The Morgan fingerprint density at radius 2 is 2.43 bits per heavy atom. The third-order valence-corrected chi connectivity index (χ3v) is 2.29. The van der Waals surface area contributed by atoms with Gasteiger partial charge >= 0.3 is 0 Å². The third kappa shape index (κ3) is 2.73. The van der Waals surface area contributed by atoms with Crippen molar-refractivity contribution >= 4 is 22.0 Å². The molecule has 14 heavy (non-hydrogen) atoms. The summed E-state index contributed by atoms with van der Waals surface area (Å²) >= 11 is 3.35. The molecule has 0 fully saturated rings. The number of alkyl halides is 1. The zero-order valence-electron chi connectivity index (χ0n) is 7.37. The van der Waals surface area contributed by atoms with E-state index >= 15 is 0 Å². The first-order valence-corrected chi connectivity index (χ1v) is 5.06. The highest BCUT2D eigenvalue weighted by atomic mass is 79.9. The minimum absolute atomic E-state index is 0.108. The van der Waals surface area contributed by atoms with E-state index in [0.717, 1.165) is 16.5 Å². The van der Waals surface area contributed by atoms with Crippen molar-refractivity contribution in [1.29, 1.82) is 5.26 Å². The average Bonchev–Trinajstić information content (AvgIpc) is 2.26. The molecule has 0 heterocycles. The largest absolute Gasteiger partial charge is 0.262 e. The fourth-order valence-corrected chi connectivity index (χ4v) is 1.36. The third-order valence-electron chi connectivity index (χ3n) is 1.64. The number of allylic oxidation sites excluding steroid dienone is 1. The van der Waals surface area contributed by atoms with Gasteiger partial charge in [0.25, 0.3) is 5.70 Å². The van der Waals surface area contributed by atoms with Gasteiger partial charge in [-0.15, -0.1) is 0 Å². The minimum atomic E-state index is 0.108. The second-order valence-corrected chi connectivity index (χ2v) is 3.19. The van der Waals surface area contributed by atoms with E-state index in [1.807, 2.05) is 30.3 Å². The van der Waals surface area contributed by atoms with Crippen LogP contribution in [0.2, 0.25) is 0 Å². The molecule has 0 aliphatic carbocycles. The van der Waals surface area contributed by atoms with Gasteiger partial charge in [0.2, 0.25) is 0 Å².